The first-order valence-electron chi connectivity index (χ1n) is 5.69. The molecule has 1 aromatic heterocycles. The second-order valence-electron chi connectivity index (χ2n) is 3.98. The van der Waals surface area contributed by atoms with Gasteiger partial charge in [0.05, 0.1) is 4.92 Å². The highest BCUT2D eigenvalue weighted by molar-refractivity contribution is 6.30. The topological polar surface area (TPSA) is 82.3 Å². The van der Waals surface area contributed by atoms with Crippen molar-refractivity contribution in [3.8, 4) is 0 Å². The third kappa shape index (κ3) is 3.90. The van der Waals surface area contributed by atoms with Crippen LogP contribution >= 0.6 is 23.2 Å². The van der Waals surface area contributed by atoms with E-state index in [0.29, 0.717) is 10.6 Å². The minimum Gasteiger partial charge on any atom is -0.457 e. The molecular formula is C13H8Cl2N2O4. The van der Waals surface area contributed by atoms with E-state index in [1.54, 1.807) is 24.3 Å². The summed E-state index contributed by atoms with van der Waals surface area (Å²) in [7, 11) is 0. The van der Waals surface area contributed by atoms with Gasteiger partial charge in [0.1, 0.15) is 23.5 Å². The molecule has 2 aromatic rings. The van der Waals surface area contributed by atoms with Crippen molar-refractivity contribution >= 4 is 34.9 Å². The van der Waals surface area contributed by atoms with Gasteiger partial charge in [0.15, 0.2) is 0 Å². The van der Waals surface area contributed by atoms with Gasteiger partial charge in [-0.2, -0.15) is 0 Å². The van der Waals surface area contributed by atoms with Crippen molar-refractivity contribution in [1.29, 1.82) is 0 Å². The van der Waals surface area contributed by atoms with Gasteiger partial charge in [-0.3, -0.25) is 10.1 Å². The van der Waals surface area contributed by atoms with Crippen molar-refractivity contribution in [3.05, 3.63) is 67.9 Å². The summed E-state index contributed by atoms with van der Waals surface area (Å²) in [4.78, 5) is 25.6. The maximum Gasteiger partial charge on any atom is 0.345 e. The first-order valence-corrected chi connectivity index (χ1v) is 6.44. The Bertz CT molecular complexity index is 689. The quantitative estimate of drug-likeness (QED) is 0.370. The summed E-state index contributed by atoms with van der Waals surface area (Å²) < 4.78 is 5.03. The molecule has 2 rings (SSSR count). The van der Waals surface area contributed by atoms with E-state index < -0.39 is 16.6 Å². The van der Waals surface area contributed by atoms with E-state index in [4.69, 9.17) is 27.9 Å². The number of ether oxygens (including phenoxy) is 1. The van der Waals surface area contributed by atoms with Crippen LogP contribution in [0.25, 0.3) is 0 Å². The Morgan fingerprint density at radius 3 is 2.57 bits per heavy atom. The first kappa shape index (κ1) is 15.2. The second kappa shape index (κ2) is 6.51. The molecule has 0 saturated heterocycles. The molecule has 0 fully saturated rings. The van der Waals surface area contributed by atoms with Gasteiger partial charge in [-0.05, 0) is 23.8 Å². The molecule has 1 aromatic carbocycles. The maximum atomic E-state index is 11.9. The van der Waals surface area contributed by atoms with Crippen molar-refractivity contribution < 1.29 is 14.5 Å². The molecule has 1 heterocycles. The number of halogens is 2. The molecule has 0 saturated carbocycles. The zero-order valence-corrected chi connectivity index (χ0v) is 12.0. The fourth-order valence-corrected chi connectivity index (χ4v) is 1.82. The van der Waals surface area contributed by atoms with Gasteiger partial charge in [0.25, 0.3) is 0 Å². The zero-order valence-electron chi connectivity index (χ0n) is 10.5. The Hall–Kier alpha value is -2.18. The fourth-order valence-electron chi connectivity index (χ4n) is 1.54. The van der Waals surface area contributed by atoms with E-state index in [2.05, 4.69) is 4.98 Å². The van der Waals surface area contributed by atoms with E-state index in [9.17, 15) is 14.9 Å². The standard InChI is InChI=1S/C13H8Cl2N2O4/c14-9-3-1-8(2-4-9)7-21-13(18)10-5-12(15)16-6-11(10)17(19)20/h1-6H,7H2. The summed E-state index contributed by atoms with van der Waals surface area (Å²) >= 11 is 11.4. The Morgan fingerprint density at radius 2 is 1.95 bits per heavy atom. The van der Waals surface area contributed by atoms with Crippen LogP contribution in [0.5, 0.6) is 0 Å². The van der Waals surface area contributed by atoms with Crippen molar-refractivity contribution in [2.75, 3.05) is 0 Å². The molecule has 0 aliphatic rings. The second-order valence-corrected chi connectivity index (χ2v) is 4.81. The summed E-state index contributed by atoms with van der Waals surface area (Å²) in [5.41, 5.74) is 0.00465. The molecule has 0 aliphatic carbocycles. The summed E-state index contributed by atoms with van der Waals surface area (Å²) in [6.45, 7) is -0.0346. The Labute approximate surface area is 129 Å². The minimum absolute atomic E-state index is 0.0287. The molecule has 0 unspecified atom stereocenters. The van der Waals surface area contributed by atoms with Gasteiger partial charge >= 0.3 is 11.7 Å². The van der Waals surface area contributed by atoms with Gasteiger partial charge in [-0.1, -0.05) is 35.3 Å². The normalized spacial score (nSPS) is 10.2. The highest BCUT2D eigenvalue weighted by atomic mass is 35.5. The fraction of sp³-hybridized carbons (Fsp3) is 0.0769. The number of nitrogens with zero attached hydrogens (tertiary/aromatic N) is 2. The molecular weight excluding hydrogens is 319 g/mol. The van der Waals surface area contributed by atoms with E-state index in [0.717, 1.165) is 12.3 Å². The Morgan fingerprint density at radius 1 is 1.29 bits per heavy atom. The van der Waals surface area contributed by atoms with E-state index in [1.807, 2.05) is 0 Å². The van der Waals surface area contributed by atoms with Crippen LogP contribution in [-0.2, 0) is 11.3 Å². The number of nitro groups is 1. The zero-order chi connectivity index (χ0) is 15.4. The lowest BCUT2D eigenvalue weighted by Crippen LogP contribution is -2.09. The van der Waals surface area contributed by atoms with Crippen molar-refractivity contribution in [2.24, 2.45) is 0 Å². The monoisotopic (exact) mass is 326 g/mol. The SMILES string of the molecule is O=C(OCc1ccc(Cl)cc1)c1cc(Cl)ncc1[N+](=O)[O-]. The van der Waals surface area contributed by atoms with Crippen LogP contribution in [0.4, 0.5) is 5.69 Å². The number of carbonyl (C=O) groups excluding carboxylic acids is 1. The van der Waals surface area contributed by atoms with Crippen molar-refractivity contribution in [3.63, 3.8) is 0 Å². The predicted octanol–water partition coefficient (Wildman–Crippen LogP) is 3.65. The number of hydrogen-bond acceptors (Lipinski definition) is 5. The average molecular weight is 327 g/mol. The van der Waals surface area contributed by atoms with E-state index in [-0.39, 0.29) is 17.3 Å². The number of carbonyl (C=O) groups is 1. The van der Waals surface area contributed by atoms with Gasteiger partial charge in [-0.25, -0.2) is 9.78 Å². The first-order chi connectivity index (χ1) is 9.97. The number of rotatable bonds is 4. The van der Waals surface area contributed by atoms with Crippen LogP contribution < -0.4 is 0 Å². The molecule has 8 heteroatoms. The lowest BCUT2D eigenvalue weighted by atomic mass is 10.2. The highest BCUT2D eigenvalue weighted by Gasteiger charge is 2.22. The van der Waals surface area contributed by atoms with Crippen LogP contribution in [-0.4, -0.2) is 15.9 Å². The number of hydrogen-bond donors (Lipinski definition) is 0. The summed E-state index contributed by atoms with van der Waals surface area (Å²) in [6.07, 6.45) is 0.918. The number of benzene rings is 1. The van der Waals surface area contributed by atoms with Crippen molar-refractivity contribution in [2.45, 2.75) is 6.61 Å². The van der Waals surface area contributed by atoms with Crippen LogP contribution in [0.2, 0.25) is 10.2 Å². The molecule has 0 spiro atoms. The minimum atomic E-state index is -0.846. The number of aromatic nitrogens is 1. The average Bonchev–Trinajstić information content (AvgIpc) is 2.46. The summed E-state index contributed by atoms with van der Waals surface area (Å²) in [5, 5.41) is 11.4. The maximum absolute atomic E-state index is 11.9. The van der Waals surface area contributed by atoms with Gasteiger partial charge < -0.3 is 4.74 Å². The van der Waals surface area contributed by atoms with Crippen LogP contribution in [0, 0.1) is 10.1 Å². The Balaban J connectivity index is 2.15. The largest absolute Gasteiger partial charge is 0.457 e. The number of pyridine rings is 1. The highest BCUT2D eigenvalue weighted by Crippen LogP contribution is 2.21. The van der Waals surface area contributed by atoms with Gasteiger partial charge in [0, 0.05) is 5.02 Å². The summed E-state index contributed by atoms with van der Waals surface area (Å²) in [6, 6.07) is 7.77. The smallest absolute Gasteiger partial charge is 0.345 e. The molecule has 0 atom stereocenters. The van der Waals surface area contributed by atoms with Crippen LogP contribution in [0.15, 0.2) is 36.5 Å². The van der Waals surface area contributed by atoms with Crippen molar-refractivity contribution in [1.82, 2.24) is 4.98 Å². The molecule has 0 radical (unpaired) electrons. The molecule has 0 aliphatic heterocycles. The molecule has 6 nitrogen and oxygen atoms in total. The van der Waals surface area contributed by atoms with Crippen LogP contribution in [0.3, 0.4) is 0 Å². The Kier molecular flexibility index (Phi) is 4.72. The van der Waals surface area contributed by atoms with Crippen LogP contribution in [0.1, 0.15) is 15.9 Å². The lowest BCUT2D eigenvalue weighted by Gasteiger charge is -2.06. The third-order valence-corrected chi connectivity index (χ3v) is 3.01. The third-order valence-electron chi connectivity index (χ3n) is 2.55. The van der Waals surface area contributed by atoms with E-state index in [1.165, 1.54) is 0 Å². The molecule has 21 heavy (non-hydrogen) atoms. The van der Waals surface area contributed by atoms with E-state index >= 15 is 0 Å². The predicted molar refractivity (Wildman–Crippen MR) is 76.5 cm³/mol. The van der Waals surface area contributed by atoms with Gasteiger partial charge in [0.2, 0.25) is 0 Å². The molecule has 0 amide bonds. The number of esters is 1. The lowest BCUT2D eigenvalue weighted by molar-refractivity contribution is -0.385. The van der Waals surface area contributed by atoms with Gasteiger partial charge in [-0.15, -0.1) is 0 Å². The molecule has 0 bridgehead atoms. The molecule has 0 N–H and O–H groups in total. The summed E-state index contributed by atoms with van der Waals surface area (Å²) in [5.74, 6) is -0.846. The molecule has 108 valence electrons.